The van der Waals surface area contributed by atoms with Gasteiger partial charge >= 0.3 is 13.5 Å². The molecule has 0 aromatic carbocycles. The van der Waals surface area contributed by atoms with Crippen molar-refractivity contribution in [3.8, 4) is 0 Å². The van der Waals surface area contributed by atoms with Crippen molar-refractivity contribution >= 4 is 8.03 Å². The lowest BCUT2D eigenvalue weighted by Crippen LogP contribution is -2.37. The Labute approximate surface area is 48.2 Å². The molecule has 0 saturated heterocycles. The fraction of sp³-hybridized carbons (Fsp3) is 1.00. The van der Waals surface area contributed by atoms with Gasteiger partial charge in [-0.3, -0.25) is 5.73 Å². The molecule has 0 fully saturated rings. The molecule has 0 radical (unpaired) electrons. The molecule has 0 aromatic heterocycles. The standard InChI is InChI=1S/C3H8NO3P/c1-2-3(4,5)8(6)7/h5H,2,4H2,1H3. The summed E-state index contributed by atoms with van der Waals surface area (Å²) >= 11 is 0. The summed E-state index contributed by atoms with van der Waals surface area (Å²) in [5, 5.41) is 8.58. The summed E-state index contributed by atoms with van der Waals surface area (Å²) in [5.41, 5.74) is 2.81. The van der Waals surface area contributed by atoms with Gasteiger partial charge in [0.1, 0.15) is 0 Å². The molecule has 0 aliphatic rings. The fourth-order valence-electron chi connectivity index (χ4n) is 0.129. The second-order valence-electron chi connectivity index (χ2n) is 1.49. The molecule has 0 saturated carbocycles. The van der Waals surface area contributed by atoms with E-state index in [1.165, 1.54) is 6.92 Å². The van der Waals surface area contributed by atoms with E-state index >= 15 is 0 Å². The first-order valence-electron chi connectivity index (χ1n) is 2.16. The number of rotatable bonds is 2. The van der Waals surface area contributed by atoms with Gasteiger partial charge in [-0.1, -0.05) is 11.5 Å². The van der Waals surface area contributed by atoms with E-state index in [4.69, 9.17) is 10.8 Å². The van der Waals surface area contributed by atoms with Crippen molar-refractivity contribution in [2.75, 3.05) is 0 Å². The minimum Gasteiger partial charge on any atom is -0.592 e. The van der Waals surface area contributed by atoms with Crippen LogP contribution in [0.15, 0.2) is 0 Å². The van der Waals surface area contributed by atoms with Crippen molar-refractivity contribution in [3.05, 3.63) is 0 Å². The lowest BCUT2D eigenvalue weighted by molar-refractivity contribution is -0.179. The summed E-state index contributed by atoms with van der Waals surface area (Å²) < 4.78 is 9.91. The maximum absolute atomic E-state index is 9.91. The van der Waals surface area contributed by atoms with Gasteiger partial charge in [-0.15, -0.1) is 0 Å². The minimum atomic E-state index is -2.91. The highest BCUT2D eigenvalue weighted by atomic mass is 31.1. The minimum absolute atomic E-state index is 0.0195. The first-order valence-corrected chi connectivity index (χ1v) is 3.34. The Balaban J connectivity index is 3.91. The number of nitrogens with two attached hydrogens (primary N) is 1. The van der Waals surface area contributed by atoms with Crippen LogP contribution in [0.4, 0.5) is 0 Å². The zero-order chi connectivity index (χ0) is 6.78. The molecule has 0 aliphatic heterocycles. The molecule has 0 spiro atoms. The molecular formula is C3H8NO3P. The van der Waals surface area contributed by atoms with E-state index < -0.39 is 13.5 Å². The Bertz CT molecular complexity index is 103. The van der Waals surface area contributed by atoms with Crippen LogP contribution in [0.1, 0.15) is 13.3 Å². The van der Waals surface area contributed by atoms with E-state index in [1.54, 1.807) is 0 Å². The molecule has 0 heterocycles. The summed E-state index contributed by atoms with van der Waals surface area (Å²) in [6.07, 6.45) is 0.0195. The van der Waals surface area contributed by atoms with Gasteiger partial charge in [-0.05, 0) is 0 Å². The third kappa shape index (κ3) is 1.84. The third-order valence-corrected chi connectivity index (χ3v) is 1.79. The van der Waals surface area contributed by atoms with Crippen molar-refractivity contribution in [2.45, 2.75) is 18.8 Å². The topological polar surface area (TPSA) is 86.4 Å². The fourth-order valence-corrected chi connectivity index (χ4v) is 0.387. The van der Waals surface area contributed by atoms with Crippen molar-refractivity contribution in [1.29, 1.82) is 0 Å². The summed E-state index contributed by atoms with van der Waals surface area (Å²) in [7, 11) is -2.91. The van der Waals surface area contributed by atoms with Crippen LogP contribution < -0.4 is 10.6 Å². The van der Waals surface area contributed by atoms with E-state index in [-0.39, 0.29) is 6.42 Å². The summed E-state index contributed by atoms with van der Waals surface area (Å²) in [4.78, 5) is 9.91. The molecule has 2 atom stereocenters. The van der Waals surface area contributed by atoms with Crippen molar-refractivity contribution in [1.82, 2.24) is 0 Å². The van der Waals surface area contributed by atoms with E-state index in [9.17, 15) is 9.46 Å². The van der Waals surface area contributed by atoms with Crippen molar-refractivity contribution in [3.63, 3.8) is 0 Å². The van der Waals surface area contributed by atoms with Gasteiger partial charge in [0.25, 0.3) is 0 Å². The highest BCUT2D eigenvalue weighted by molar-refractivity contribution is 7.38. The predicted molar refractivity (Wildman–Crippen MR) is 27.0 cm³/mol. The Morgan fingerprint density at radius 2 is 2.38 bits per heavy atom. The van der Waals surface area contributed by atoms with Gasteiger partial charge in [-0.2, -0.15) is 0 Å². The molecule has 8 heavy (non-hydrogen) atoms. The van der Waals surface area contributed by atoms with Gasteiger partial charge in [0, 0.05) is 6.42 Å². The Kier molecular flexibility index (Phi) is 2.50. The SMILES string of the molecule is CCC(N)(O)[P+](=O)[O-]. The van der Waals surface area contributed by atoms with Gasteiger partial charge in [0.15, 0.2) is 0 Å². The zero-order valence-electron chi connectivity index (χ0n) is 4.50. The molecule has 0 rings (SSSR count). The van der Waals surface area contributed by atoms with Crippen molar-refractivity contribution < 1.29 is 14.6 Å². The van der Waals surface area contributed by atoms with E-state index in [0.29, 0.717) is 0 Å². The quantitative estimate of drug-likeness (QED) is 0.381. The molecule has 5 heteroatoms. The molecule has 0 bridgehead atoms. The second-order valence-corrected chi connectivity index (χ2v) is 2.78. The largest absolute Gasteiger partial charge is 0.592 e. The lowest BCUT2D eigenvalue weighted by Gasteiger charge is -2.08. The summed E-state index contributed by atoms with van der Waals surface area (Å²) in [6.45, 7) is 1.49. The van der Waals surface area contributed by atoms with E-state index in [2.05, 4.69) is 0 Å². The Hall–Kier alpha value is -0.0200. The lowest BCUT2D eigenvalue weighted by atomic mass is 10.4. The third-order valence-electron chi connectivity index (χ3n) is 0.837. The van der Waals surface area contributed by atoms with Crippen LogP contribution in [0.25, 0.3) is 0 Å². The molecule has 0 amide bonds. The Morgan fingerprint density at radius 3 is 2.38 bits per heavy atom. The monoisotopic (exact) mass is 137 g/mol. The molecule has 4 nitrogen and oxygen atoms in total. The van der Waals surface area contributed by atoms with Crippen LogP contribution in [0.3, 0.4) is 0 Å². The molecule has 3 N–H and O–H groups in total. The first-order chi connectivity index (χ1) is 3.50. The number of hydrogen-bond donors (Lipinski definition) is 2. The van der Waals surface area contributed by atoms with Crippen LogP contribution in [0.2, 0.25) is 0 Å². The van der Waals surface area contributed by atoms with Crippen molar-refractivity contribution in [2.24, 2.45) is 5.73 Å². The highest BCUT2D eigenvalue weighted by Crippen LogP contribution is 2.25. The molecular weight excluding hydrogens is 129 g/mol. The highest BCUT2D eigenvalue weighted by Gasteiger charge is 2.32. The maximum atomic E-state index is 9.91. The van der Waals surface area contributed by atoms with Crippen LogP contribution in [0, 0.1) is 0 Å². The van der Waals surface area contributed by atoms with Gasteiger partial charge in [-0.25, -0.2) is 0 Å². The maximum Gasteiger partial charge on any atom is 0.361 e. The average Bonchev–Trinajstić information content (AvgIpc) is 1.67. The van der Waals surface area contributed by atoms with E-state index in [1.807, 2.05) is 0 Å². The Morgan fingerprint density at radius 1 is 2.00 bits per heavy atom. The molecule has 0 aliphatic carbocycles. The van der Waals surface area contributed by atoms with Gasteiger partial charge in [0.05, 0.1) is 0 Å². The zero-order valence-corrected chi connectivity index (χ0v) is 5.39. The van der Waals surface area contributed by atoms with Crippen LogP contribution >= 0.6 is 8.03 Å². The number of aliphatic hydroxyl groups is 1. The van der Waals surface area contributed by atoms with E-state index in [0.717, 1.165) is 0 Å². The predicted octanol–water partition coefficient (Wildman–Crippen LogP) is -0.896. The summed E-state index contributed by atoms with van der Waals surface area (Å²) in [6, 6.07) is 0. The molecule has 48 valence electrons. The summed E-state index contributed by atoms with van der Waals surface area (Å²) in [5.74, 6) is 0. The second kappa shape index (κ2) is 2.51. The first kappa shape index (κ1) is 7.98. The molecule has 0 aromatic rings. The van der Waals surface area contributed by atoms with Crippen LogP contribution in [-0.2, 0) is 4.57 Å². The molecule has 2 unspecified atom stereocenters. The normalized spacial score (nSPS) is 19.8. The number of hydrogen-bond acceptors (Lipinski definition) is 4. The van der Waals surface area contributed by atoms with Gasteiger partial charge < -0.3 is 10.00 Å². The average molecular weight is 137 g/mol. The smallest absolute Gasteiger partial charge is 0.361 e. The van der Waals surface area contributed by atoms with Gasteiger partial charge in [0.2, 0.25) is 0 Å². The van der Waals surface area contributed by atoms with Crippen LogP contribution in [0.5, 0.6) is 0 Å². The van der Waals surface area contributed by atoms with Crippen LogP contribution in [-0.4, -0.2) is 10.6 Å².